The van der Waals surface area contributed by atoms with Gasteiger partial charge in [0.1, 0.15) is 6.61 Å². The van der Waals surface area contributed by atoms with Crippen LogP contribution in [0.1, 0.15) is 31.9 Å². The zero-order chi connectivity index (χ0) is 12.4. The lowest BCUT2D eigenvalue weighted by Crippen LogP contribution is -2.07. The van der Waals surface area contributed by atoms with Crippen LogP contribution in [0.5, 0.6) is 0 Å². The molecule has 0 amide bonds. The number of nitrogens with zero attached hydrogens (tertiary/aromatic N) is 1. The molecule has 0 aliphatic carbocycles. The smallest absolute Gasteiger partial charge is 0.129 e. The van der Waals surface area contributed by atoms with Gasteiger partial charge in [-0.25, -0.2) is 0 Å². The van der Waals surface area contributed by atoms with Crippen LogP contribution in [-0.2, 0) is 4.84 Å². The highest BCUT2D eigenvalue weighted by molar-refractivity contribution is 5.98. The number of benzene rings is 1. The molecule has 1 aromatic rings. The fourth-order valence-corrected chi connectivity index (χ4v) is 1.12. The van der Waals surface area contributed by atoms with Crippen molar-refractivity contribution in [2.45, 2.75) is 27.7 Å². The number of rotatable bonds is 4. The minimum atomic E-state index is 0.461. The molecule has 0 radical (unpaired) electrons. The largest absolute Gasteiger partial charge is 0.394 e. The Morgan fingerprint density at radius 3 is 2.62 bits per heavy atom. The van der Waals surface area contributed by atoms with E-state index in [-0.39, 0.29) is 0 Å². The van der Waals surface area contributed by atoms with Gasteiger partial charge in [-0.2, -0.15) is 0 Å². The molecule has 3 heteroatoms. The predicted molar refractivity (Wildman–Crippen MR) is 69.7 cm³/mol. The second-order valence-corrected chi connectivity index (χ2v) is 3.17. The van der Waals surface area contributed by atoms with E-state index in [2.05, 4.69) is 24.2 Å². The molecule has 90 valence electrons. The summed E-state index contributed by atoms with van der Waals surface area (Å²) in [5.41, 5.74) is 8.46. The highest BCUT2D eigenvalue weighted by Crippen LogP contribution is 2.05. The molecular formula is C13H22N2O. The summed E-state index contributed by atoms with van der Waals surface area (Å²) >= 11 is 0. The van der Waals surface area contributed by atoms with Gasteiger partial charge in [0.15, 0.2) is 0 Å². The second kappa shape index (κ2) is 8.92. The first-order chi connectivity index (χ1) is 7.74. The molecule has 1 rings (SSSR count). The van der Waals surface area contributed by atoms with Gasteiger partial charge in [-0.1, -0.05) is 48.8 Å². The van der Waals surface area contributed by atoms with E-state index in [0.29, 0.717) is 13.2 Å². The summed E-state index contributed by atoms with van der Waals surface area (Å²) in [6.45, 7) is 8.93. The monoisotopic (exact) mass is 222 g/mol. The Bertz CT molecular complexity index is 321. The van der Waals surface area contributed by atoms with E-state index in [1.54, 1.807) is 0 Å². The van der Waals surface area contributed by atoms with E-state index in [1.165, 1.54) is 5.56 Å². The zero-order valence-electron chi connectivity index (χ0n) is 10.7. The van der Waals surface area contributed by atoms with Gasteiger partial charge < -0.3 is 10.6 Å². The van der Waals surface area contributed by atoms with Crippen molar-refractivity contribution >= 4 is 5.71 Å². The van der Waals surface area contributed by atoms with Crippen molar-refractivity contribution < 1.29 is 4.84 Å². The Morgan fingerprint density at radius 2 is 2.06 bits per heavy atom. The number of aryl methyl sites for hydroxylation is 1. The lowest BCUT2D eigenvalue weighted by Gasteiger charge is -2.02. The van der Waals surface area contributed by atoms with Crippen molar-refractivity contribution in [1.82, 2.24) is 0 Å². The molecular weight excluding hydrogens is 200 g/mol. The van der Waals surface area contributed by atoms with Crippen molar-refractivity contribution in [3.05, 3.63) is 35.4 Å². The zero-order valence-corrected chi connectivity index (χ0v) is 10.7. The topological polar surface area (TPSA) is 47.6 Å². The lowest BCUT2D eigenvalue weighted by molar-refractivity contribution is 0.152. The summed E-state index contributed by atoms with van der Waals surface area (Å²) in [6.07, 6.45) is 0. The summed E-state index contributed by atoms with van der Waals surface area (Å²) in [5, 5.41) is 3.96. The maximum atomic E-state index is 5.28. The van der Waals surface area contributed by atoms with Crippen LogP contribution in [0.25, 0.3) is 0 Å². The second-order valence-electron chi connectivity index (χ2n) is 3.17. The first-order valence-electron chi connectivity index (χ1n) is 5.67. The SMILES string of the molecule is C/C(=N\OCCN)c1cccc(C)c1.CC. The van der Waals surface area contributed by atoms with Crippen LogP contribution in [0.2, 0.25) is 0 Å². The van der Waals surface area contributed by atoms with E-state index in [4.69, 9.17) is 10.6 Å². The Hall–Kier alpha value is -1.35. The van der Waals surface area contributed by atoms with E-state index in [1.807, 2.05) is 32.9 Å². The maximum Gasteiger partial charge on any atom is 0.129 e. The highest BCUT2D eigenvalue weighted by atomic mass is 16.6. The summed E-state index contributed by atoms with van der Waals surface area (Å²) in [4.78, 5) is 5.00. The maximum absolute atomic E-state index is 5.28. The summed E-state index contributed by atoms with van der Waals surface area (Å²) < 4.78 is 0. The molecule has 0 unspecified atom stereocenters. The van der Waals surface area contributed by atoms with Gasteiger partial charge >= 0.3 is 0 Å². The molecule has 16 heavy (non-hydrogen) atoms. The quantitative estimate of drug-likeness (QED) is 0.484. The molecule has 0 bridgehead atoms. The van der Waals surface area contributed by atoms with E-state index < -0.39 is 0 Å². The van der Waals surface area contributed by atoms with Gasteiger partial charge in [0.25, 0.3) is 0 Å². The van der Waals surface area contributed by atoms with Gasteiger partial charge in [0.05, 0.1) is 5.71 Å². The third-order valence-electron chi connectivity index (χ3n) is 1.85. The average Bonchev–Trinajstić information content (AvgIpc) is 2.32. The molecule has 0 aromatic heterocycles. The third kappa shape index (κ3) is 5.51. The number of hydrogen-bond donors (Lipinski definition) is 1. The molecule has 0 aliphatic heterocycles. The normalized spacial score (nSPS) is 10.4. The van der Waals surface area contributed by atoms with Crippen LogP contribution in [0.3, 0.4) is 0 Å². The predicted octanol–water partition coefficient (Wildman–Crippen LogP) is 2.72. The van der Waals surface area contributed by atoms with E-state index in [9.17, 15) is 0 Å². The van der Waals surface area contributed by atoms with Crippen molar-refractivity contribution in [3.63, 3.8) is 0 Å². The van der Waals surface area contributed by atoms with Crippen molar-refractivity contribution in [1.29, 1.82) is 0 Å². The molecule has 0 fully saturated rings. The fraction of sp³-hybridized carbons (Fsp3) is 0.462. The number of nitrogens with two attached hydrogens (primary N) is 1. The summed E-state index contributed by atoms with van der Waals surface area (Å²) in [7, 11) is 0. The molecule has 0 saturated heterocycles. The van der Waals surface area contributed by atoms with Crippen LogP contribution in [-0.4, -0.2) is 18.9 Å². The first kappa shape index (κ1) is 14.6. The molecule has 2 N–H and O–H groups in total. The van der Waals surface area contributed by atoms with Gasteiger partial charge in [-0.15, -0.1) is 0 Å². The van der Waals surface area contributed by atoms with Crippen molar-refractivity contribution in [2.24, 2.45) is 10.9 Å². The van der Waals surface area contributed by atoms with Gasteiger partial charge in [0.2, 0.25) is 0 Å². The Kier molecular flexibility index (Phi) is 8.17. The Morgan fingerprint density at radius 1 is 1.38 bits per heavy atom. The van der Waals surface area contributed by atoms with Gasteiger partial charge in [-0.05, 0) is 19.4 Å². The van der Waals surface area contributed by atoms with E-state index >= 15 is 0 Å². The molecule has 0 saturated carbocycles. The van der Waals surface area contributed by atoms with Crippen LogP contribution in [0.4, 0.5) is 0 Å². The third-order valence-corrected chi connectivity index (χ3v) is 1.85. The van der Waals surface area contributed by atoms with Gasteiger partial charge in [-0.3, -0.25) is 0 Å². The highest BCUT2D eigenvalue weighted by Gasteiger charge is 1.97. The molecule has 0 spiro atoms. The van der Waals surface area contributed by atoms with Crippen molar-refractivity contribution in [2.75, 3.05) is 13.2 Å². The van der Waals surface area contributed by atoms with Crippen molar-refractivity contribution in [3.8, 4) is 0 Å². The summed E-state index contributed by atoms with van der Waals surface area (Å²) in [6, 6.07) is 8.15. The molecule has 1 aromatic carbocycles. The minimum Gasteiger partial charge on any atom is -0.394 e. The molecule has 3 nitrogen and oxygen atoms in total. The van der Waals surface area contributed by atoms with Crippen LogP contribution in [0.15, 0.2) is 29.4 Å². The average molecular weight is 222 g/mol. The Balaban J connectivity index is 0.00000106. The minimum absolute atomic E-state index is 0.461. The number of oxime groups is 1. The fourth-order valence-electron chi connectivity index (χ4n) is 1.12. The van der Waals surface area contributed by atoms with E-state index in [0.717, 1.165) is 11.3 Å². The van der Waals surface area contributed by atoms with Crippen LogP contribution < -0.4 is 5.73 Å². The van der Waals surface area contributed by atoms with Crippen LogP contribution >= 0.6 is 0 Å². The Labute approximate surface area is 98.3 Å². The first-order valence-corrected chi connectivity index (χ1v) is 5.67. The molecule has 0 aliphatic rings. The summed E-state index contributed by atoms with van der Waals surface area (Å²) in [5.74, 6) is 0. The van der Waals surface area contributed by atoms with Gasteiger partial charge in [0, 0.05) is 6.54 Å². The molecule has 0 heterocycles. The number of hydrogen-bond acceptors (Lipinski definition) is 3. The standard InChI is InChI=1S/C11H16N2O.C2H6/c1-9-4-3-5-11(8-9)10(2)13-14-7-6-12;1-2/h3-5,8H,6-7,12H2,1-2H3;1-2H3/b13-10+;. The lowest BCUT2D eigenvalue weighted by atomic mass is 10.1. The molecule has 0 atom stereocenters. The van der Waals surface area contributed by atoms with Crippen LogP contribution in [0, 0.1) is 6.92 Å².